The molecular formula is C11H9N3O. The highest BCUT2D eigenvalue weighted by Gasteiger charge is 2.01. The molecule has 0 bridgehead atoms. The topological polar surface area (TPSA) is 69.0 Å². The van der Waals surface area contributed by atoms with Gasteiger partial charge in [0.15, 0.2) is 0 Å². The number of aliphatic hydroxyl groups excluding tert-OH is 1. The number of aliphatic hydroxyl groups is 1. The van der Waals surface area contributed by atoms with E-state index in [0.717, 1.165) is 10.8 Å². The fraction of sp³-hybridized carbons (Fsp3) is 0.0909. The molecule has 0 spiro atoms. The van der Waals surface area contributed by atoms with Gasteiger partial charge in [0.05, 0.1) is 6.61 Å². The van der Waals surface area contributed by atoms with E-state index in [1.165, 1.54) is 0 Å². The third kappa shape index (κ3) is 1.76. The first-order valence-electron chi connectivity index (χ1n) is 4.53. The van der Waals surface area contributed by atoms with E-state index >= 15 is 0 Å². The monoisotopic (exact) mass is 199 g/mol. The lowest BCUT2D eigenvalue weighted by molar-refractivity contribution is 0.282. The minimum Gasteiger partial charge on any atom is -0.392 e. The molecule has 0 aliphatic rings. The van der Waals surface area contributed by atoms with Gasteiger partial charge in [-0.3, -0.25) is 0 Å². The van der Waals surface area contributed by atoms with Crippen LogP contribution in [0.3, 0.4) is 0 Å². The van der Waals surface area contributed by atoms with Crippen molar-refractivity contribution in [2.45, 2.75) is 6.61 Å². The Labute approximate surface area is 86.4 Å². The summed E-state index contributed by atoms with van der Waals surface area (Å²) in [7, 11) is 0. The van der Waals surface area contributed by atoms with Crippen molar-refractivity contribution in [1.29, 1.82) is 0 Å². The fourth-order valence-corrected chi connectivity index (χ4v) is 1.54. The molecule has 0 heterocycles. The molecule has 0 unspecified atom stereocenters. The van der Waals surface area contributed by atoms with E-state index in [4.69, 9.17) is 10.6 Å². The number of azide groups is 1. The number of rotatable bonds is 2. The summed E-state index contributed by atoms with van der Waals surface area (Å²) in [5.41, 5.74) is 9.52. The third-order valence-electron chi connectivity index (χ3n) is 2.27. The van der Waals surface area contributed by atoms with Crippen molar-refractivity contribution in [3.8, 4) is 0 Å². The normalized spacial score (nSPS) is 9.93. The number of nitrogens with zero attached hydrogens (tertiary/aromatic N) is 3. The lowest BCUT2D eigenvalue weighted by Crippen LogP contribution is -1.84. The van der Waals surface area contributed by atoms with Crippen LogP contribution in [0.25, 0.3) is 21.2 Å². The van der Waals surface area contributed by atoms with Crippen LogP contribution in [-0.4, -0.2) is 5.11 Å². The van der Waals surface area contributed by atoms with Crippen molar-refractivity contribution >= 4 is 16.5 Å². The summed E-state index contributed by atoms with van der Waals surface area (Å²) < 4.78 is 0. The molecule has 15 heavy (non-hydrogen) atoms. The van der Waals surface area contributed by atoms with Gasteiger partial charge in [0.2, 0.25) is 0 Å². The first-order valence-corrected chi connectivity index (χ1v) is 4.53. The quantitative estimate of drug-likeness (QED) is 0.450. The molecule has 0 radical (unpaired) electrons. The highest BCUT2D eigenvalue weighted by atomic mass is 16.3. The van der Waals surface area contributed by atoms with E-state index < -0.39 is 0 Å². The predicted octanol–water partition coefficient (Wildman–Crippen LogP) is 3.27. The Morgan fingerprint density at radius 3 is 2.47 bits per heavy atom. The Bertz CT molecular complexity index is 545. The minimum atomic E-state index is -0.126. The molecular weight excluding hydrogens is 190 g/mol. The van der Waals surface area contributed by atoms with Crippen LogP contribution in [0.1, 0.15) is 5.56 Å². The molecule has 0 amide bonds. The molecule has 4 nitrogen and oxygen atoms in total. The zero-order valence-electron chi connectivity index (χ0n) is 7.96. The van der Waals surface area contributed by atoms with Gasteiger partial charge >= 0.3 is 0 Å². The molecule has 0 aliphatic carbocycles. The molecule has 0 saturated carbocycles. The number of fused-ring (bicyclic) bond motifs is 1. The SMILES string of the molecule is [N-]=[N+]=Nc1cc2ccccc2cc1CO. The maximum atomic E-state index is 9.12. The van der Waals surface area contributed by atoms with Gasteiger partial charge < -0.3 is 5.11 Å². The number of hydrogen-bond acceptors (Lipinski definition) is 2. The Morgan fingerprint density at radius 2 is 1.87 bits per heavy atom. The Morgan fingerprint density at radius 1 is 1.20 bits per heavy atom. The Kier molecular flexibility index (Phi) is 2.54. The van der Waals surface area contributed by atoms with Crippen LogP contribution in [0.5, 0.6) is 0 Å². The Hall–Kier alpha value is -2.03. The lowest BCUT2D eigenvalue weighted by Gasteiger charge is -2.04. The second kappa shape index (κ2) is 4.00. The summed E-state index contributed by atoms with van der Waals surface area (Å²) in [6.07, 6.45) is 0. The molecule has 0 aliphatic heterocycles. The standard InChI is InChI=1S/C11H9N3O/c12-14-13-11-6-9-4-2-1-3-8(9)5-10(11)7-15/h1-6,15H,7H2. The minimum absolute atomic E-state index is 0.126. The van der Waals surface area contributed by atoms with E-state index in [1.807, 2.05) is 30.3 Å². The van der Waals surface area contributed by atoms with E-state index in [-0.39, 0.29) is 6.61 Å². The van der Waals surface area contributed by atoms with Crippen LogP contribution >= 0.6 is 0 Å². The van der Waals surface area contributed by atoms with Crippen LogP contribution in [0.15, 0.2) is 41.5 Å². The van der Waals surface area contributed by atoms with Crippen molar-refractivity contribution in [2.75, 3.05) is 0 Å². The second-order valence-electron chi connectivity index (χ2n) is 3.18. The van der Waals surface area contributed by atoms with E-state index in [0.29, 0.717) is 11.3 Å². The second-order valence-corrected chi connectivity index (χ2v) is 3.18. The zero-order valence-corrected chi connectivity index (χ0v) is 7.96. The summed E-state index contributed by atoms with van der Waals surface area (Å²) in [6.45, 7) is -0.126. The first kappa shape index (κ1) is 9.52. The summed E-state index contributed by atoms with van der Waals surface area (Å²) in [5, 5.41) is 14.7. The summed E-state index contributed by atoms with van der Waals surface area (Å²) >= 11 is 0. The van der Waals surface area contributed by atoms with E-state index in [1.54, 1.807) is 6.07 Å². The lowest BCUT2D eigenvalue weighted by atomic mass is 10.1. The van der Waals surface area contributed by atoms with Crippen LogP contribution in [0, 0.1) is 0 Å². The molecule has 2 aromatic rings. The van der Waals surface area contributed by atoms with Crippen molar-refractivity contribution < 1.29 is 5.11 Å². The zero-order chi connectivity index (χ0) is 10.7. The summed E-state index contributed by atoms with van der Waals surface area (Å²) in [6, 6.07) is 11.3. The number of benzene rings is 2. The molecule has 0 fully saturated rings. The maximum Gasteiger partial charge on any atom is 0.0686 e. The van der Waals surface area contributed by atoms with Crippen LogP contribution < -0.4 is 0 Å². The van der Waals surface area contributed by atoms with Gasteiger partial charge in [-0.05, 0) is 34.0 Å². The maximum absolute atomic E-state index is 9.12. The van der Waals surface area contributed by atoms with E-state index in [9.17, 15) is 0 Å². The highest BCUT2D eigenvalue weighted by molar-refractivity contribution is 5.86. The van der Waals surface area contributed by atoms with Crippen molar-refractivity contribution in [1.82, 2.24) is 0 Å². The molecule has 4 heteroatoms. The molecule has 0 atom stereocenters. The van der Waals surface area contributed by atoms with Crippen molar-refractivity contribution in [3.63, 3.8) is 0 Å². The Balaban J connectivity index is 2.74. The smallest absolute Gasteiger partial charge is 0.0686 e. The first-order chi connectivity index (χ1) is 7.35. The van der Waals surface area contributed by atoms with Gasteiger partial charge in [-0.1, -0.05) is 29.4 Å². The van der Waals surface area contributed by atoms with Crippen LogP contribution in [0.2, 0.25) is 0 Å². The molecule has 2 rings (SSSR count). The fourth-order valence-electron chi connectivity index (χ4n) is 1.54. The highest BCUT2D eigenvalue weighted by Crippen LogP contribution is 2.26. The van der Waals surface area contributed by atoms with Gasteiger partial charge in [0, 0.05) is 10.6 Å². The van der Waals surface area contributed by atoms with Gasteiger partial charge in [0.1, 0.15) is 0 Å². The van der Waals surface area contributed by atoms with Crippen molar-refractivity contribution in [2.24, 2.45) is 5.11 Å². The van der Waals surface area contributed by atoms with Crippen LogP contribution in [-0.2, 0) is 6.61 Å². The molecule has 2 aromatic carbocycles. The van der Waals surface area contributed by atoms with Gasteiger partial charge in [0.25, 0.3) is 0 Å². The molecule has 0 saturated heterocycles. The van der Waals surface area contributed by atoms with Gasteiger partial charge in [-0.2, -0.15) is 0 Å². The van der Waals surface area contributed by atoms with Gasteiger partial charge in [-0.15, -0.1) is 0 Å². The van der Waals surface area contributed by atoms with Gasteiger partial charge in [-0.25, -0.2) is 0 Å². The van der Waals surface area contributed by atoms with E-state index in [2.05, 4.69) is 10.0 Å². The summed E-state index contributed by atoms with van der Waals surface area (Å²) in [4.78, 5) is 2.74. The number of hydrogen-bond donors (Lipinski definition) is 1. The predicted molar refractivity (Wildman–Crippen MR) is 58.7 cm³/mol. The van der Waals surface area contributed by atoms with Crippen LogP contribution in [0.4, 0.5) is 5.69 Å². The third-order valence-corrected chi connectivity index (χ3v) is 2.27. The molecule has 74 valence electrons. The average Bonchev–Trinajstić information content (AvgIpc) is 2.28. The average molecular weight is 199 g/mol. The summed E-state index contributed by atoms with van der Waals surface area (Å²) in [5.74, 6) is 0. The largest absolute Gasteiger partial charge is 0.392 e. The van der Waals surface area contributed by atoms with Crippen molar-refractivity contribution in [3.05, 3.63) is 52.4 Å². The molecule has 0 aromatic heterocycles. The molecule has 1 N–H and O–H groups in total.